The van der Waals surface area contributed by atoms with Crippen LogP contribution in [0.2, 0.25) is 0 Å². The Morgan fingerprint density at radius 1 is 1.30 bits per heavy atom. The molecule has 1 N–H and O–H groups in total. The van der Waals surface area contributed by atoms with Crippen molar-refractivity contribution in [1.29, 1.82) is 0 Å². The summed E-state index contributed by atoms with van der Waals surface area (Å²) in [6.45, 7) is 5.68. The number of ether oxygens (including phenoxy) is 2. The van der Waals surface area contributed by atoms with E-state index in [1.165, 1.54) is 0 Å². The number of carboxylic acids is 1. The minimum absolute atomic E-state index is 0.193. The number of para-hydroxylation sites is 1. The first-order valence-electron chi connectivity index (χ1n) is 7.80. The molecule has 1 saturated heterocycles. The molecule has 0 bridgehead atoms. The van der Waals surface area contributed by atoms with Crippen LogP contribution < -0.4 is 4.74 Å². The summed E-state index contributed by atoms with van der Waals surface area (Å²) in [5, 5.41) is 9.29. The Balaban J connectivity index is 2.06. The van der Waals surface area contributed by atoms with Crippen molar-refractivity contribution in [3.63, 3.8) is 0 Å². The van der Waals surface area contributed by atoms with E-state index in [4.69, 9.17) is 9.47 Å². The van der Waals surface area contributed by atoms with Crippen LogP contribution in [0.15, 0.2) is 24.3 Å². The zero-order valence-corrected chi connectivity index (χ0v) is 13.6. The number of carbonyl (C=O) groups excluding carboxylic acids is 1. The molecular formula is C17H23NO5. The summed E-state index contributed by atoms with van der Waals surface area (Å²) in [7, 11) is 0. The van der Waals surface area contributed by atoms with E-state index < -0.39 is 11.4 Å². The minimum Gasteiger partial charge on any atom is -0.490 e. The van der Waals surface area contributed by atoms with Crippen LogP contribution in [0.1, 0.15) is 30.6 Å². The molecule has 23 heavy (non-hydrogen) atoms. The average Bonchev–Trinajstić information content (AvgIpc) is 2.95. The van der Waals surface area contributed by atoms with Crippen molar-refractivity contribution in [2.45, 2.75) is 20.3 Å². The van der Waals surface area contributed by atoms with Crippen molar-refractivity contribution in [3.05, 3.63) is 29.8 Å². The van der Waals surface area contributed by atoms with Gasteiger partial charge in [-0.1, -0.05) is 12.1 Å². The number of aliphatic carboxylic acids is 1. The molecule has 0 saturated carbocycles. The molecule has 6 nitrogen and oxygen atoms in total. The molecule has 1 aromatic rings. The van der Waals surface area contributed by atoms with Crippen LogP contribution in [0.3, 0.4) is 0 Å². The molecule has 0 aliphatic carbocycles. The molecule has 6 heteroatoms. The first-order valence-corrected chi connectivity index (χ1v) is 7.80. The third-order valence-corrected chi connectivity index (χ3v) is 4.08. The van der Waals surface area contributed by atoms with E-state index in [0.717, 1.165) is 0 Å². The predicted octanol–water partition coefficient (Wildman–Crippen LogP) is 2.04. The Morgan fingerprint density at radius 2 is 2.04 bits per heavy atom. The SMILES string of the molecule is CCOCCOc1ccccc1C(=O)N1CCC(C)(C(=O)O)C1. The summed E-state index contributed by atoms with van der Waals surface area (Å²) < 4.78 is 10.9. The van der Waals surface area contributed by atoms with Gasteiger partial charge < -0.3 is 19.5 Å². The van der Waals surface area contributed by atoms with Gasteiger partial charge in [0.15, 0.2) is 0 Å². The molecule has 0 radical (unpaired) electrons. The lowest BCUT2D eigenvalue weighted by atomic mass is 9.90. The van der Waals surface area contributed by atoms with Gasteiger partial charge in [-0.05, 0) is 32.4 Å². The van der Waals surface area contributed by atoms with Gasteiger partial charge in [-0.2, -0.15) is 0 Å². The summed E-state index contributed by atoms with van der Waals surface area (Å²) in [4.78, 5) is 25.6. The van der Waals surface area contributed by atoms with Crippen LogP contribution in [0, 0.1) is 5.41 Å². The van der Waals surface area contributed by atoms with E-state index in [-0.39, 0.29) is 12.5 Å². The second-order valence-corrected chi connectivity index (χ2v) is 5.88. The van der Waals surface area contributed by atoms with E-state index in [1.54, 1.807) is 36.1 Å². The van der Waals surface area contributed by atoms with Gasteiger partial charge in [0.05, 0.1) is 17.6 Å². The number of nitrogens with zero attached hydrogens (tertiary/aromatic N) is 1. The van der Waals surface area contributed by atoms with E-state index in [1.807, 2.05) is 6.92 Å². The number of likely N-dealkylation sites (tertiary alicyclic amines) is 1. The molecule has 1 aromatic carbocycles. The Kier molecular flexibility index (Phi) is 5.60. The van der Waals surface area contributed by atoms with Crippen molar-refractivity contribution < 1.29 is 24.2 Å². The molecule has 1 aliphatic heterocycles. The van der Waals surface area contributed by atoms with Gasteiger partial charge in [-0.3, -0.25) is 9.59 Å². The quantitative estimate of drug-likeness (QED) is 0.778. The topological polar surface area (TPSA) is 76.1 Å². The summed E-state index contributed by atoms with van der Waals surface area (Å²) in [5.41, 5.74) is -0.418. The number of hydrogen-bond acceptors (Lipinski definition) is 4. The molecule has 1 aliphatic rings. The lowest BCUT2D eigenvalue weighted by Crippen LogP contribution is -2.35. The van der Waals surface area contributed by atoms with E-state index in [0.29, 0.717) is 44.1 Å². The molecule has 126 valence electrons. The van der Waals surface area contributed by atoms with Crippen LogP contribution >= 0.6 is 0 Å². The van der Waals surface area contributed by atoms with Crippen LogP contribution in [-0.4, -0.2) is 54.8 Å². The second-order valence-electron chi connectivity index (χ2n) is 5.88. The molecule has 2 rings (SSSR count). The van der Waals surface area contributed by atoms with Gasteiger partial charge in [-0.25, -0.2) is 0 Å². The van der Waals surface area contributed by atoms with Gasteiger partial charge in [0, 0.05) is 19.7 Å². The van der Waals surface area contributed by atoms with Gasteiger partial charge in [0.25, 0.3) is 5.91 Å². The molecule has 0 aromatic heterocycles. The minimum atomic E-state index is -0.875. The number of hydrogen-bond donors (Lipinski definition) is 1. The molecule has 1 unspecified atom stereocenters. The Labute approximate surface area is 136 Å². The lowest BCUT2D eigenvalue weighted by molar-refractivity contribution is -0.147. The maximum atomic E-state index is 12.7. The molecule has 1 atom stereocenters. The van der Waals surface area contributed by atoms with E-state index in [9.17, 15) is 14.7 Å². The highest BCUT2D eigenvalue weighted by Gasteiger charge is 2.42. The third kappa shape index (κ3) is 4.01. The normalized spacial score (nSPS) is 20.5. The van der Waals surface area contributed by atoms with Crippen LogP contribution in [-0.2, 0) is 9.53 Å². The number of amides is 1. The fraction of sp³-hybridized carbons (Fsp3) is 0.529. The Hall–Kier alpha value is -2.08. The van der Waals surface area contributed by atoms with Gasteiger partial charge in [0.1, 0.15) is 12.4 Å². The fourth-order valence-corrected chi connectivity index (χ4v) is 2.60. The highest BCUT2D eigenvalue weighted by Crippen LogP contribution is 2.32. The van der Waals surface area contributed by atoms with Crippen LogP contribution in [0.25, 0.3) is 0 Å². The number of carboxylic acid groups (broad SMARTS) is 1. The monoisotopic (exact) mass is 321 g/mol. The largest absolute Gasteiger partial charge is 0.490 e. The smallest absolute Gasteiger partial charge is 0.311 e. The van der Waals surface area contributed by atoms with Gasteiger partial charge in [0.2, 0.25) is 0 Å². The first-order chi connectivity index (χ1) is 11.0. The van der Waals surface area contributed by atoms with E-state index in [2.05, 4.69) is 0 Å². The predicted molar refractivity (Wildman–Crippen MR) is 84.7 cm³/mol. The zero-order chi connectivity index (χ0) is 16.9. The molecule has 1 amide bonds. The van der Waals surface area contributed by atoms with Crippen molar-refractivity contribution >= 4 is 11.9 Å². The van der Waals surface area contributed by atoms with Crippen molar-refractivity contribution in [3.8, 4) is 5.75 Å². The summed E-state index contributed by atoms with van der Waals surface area (Å²) >= 11 is 0. The Morgan fingerprint density at radius 3 is 2.70 bits per heavy atom. The van der Waals surface area contributed by atoms with E-state index >= 15 is 0 Å². The standard InChI is InChI=1S/C17H23NO5/c1-3-22-10-11-23-14-7-5-4-6-13(14)15(19)18-9-8-17(2,12-18)16(20)21/h4-7H,3,8-12H2,1-2H3,(H,20,21). The van der Waals surface area contributed by atoms with Crippen LogP contribution in [0.5, 0.6) is 5.75 Å². The number of benzene rings is 1. The second kappa shape index (κ2) is 7.46. The fourth-order valence-electron chi connectivity index (χ4n) is 2.60. The van der Waals surface area contributed by atoms with Gasteiger partial charge in [-0.15, -0.1) is 0 Å². The highest BCUT2D eigenvalue weighted by molar-refractivity contribution is 5.97. The molecular weight excluding hydrogens is 298 g/mol. The average molecular weight is 321 g/mol. The maximum Gasteiger partial charge on any atom is 0.311 e. The third-order valence-electron chi connectivity index (χ3n) is 4.08. The first kappa shape index (κ1) is 17.3. The van der Waals surface area contributed by atoms with Crippen LogP contribution in [0.4, 0.5) is 0 Å². The number of carbonyl (C=O) groups is 2. The lowest BCUT2D eigenvalue weighted by Gasteiger charge is -2.21. The van der Waals surface area contributed by atoms with Gasteiger partial charge >= 0.3 is 5.97 Å². The van der Waals surface area contributed by atoms with Crippen molar-refractivity contribution in [2.24, 2.45) is 5.41 Å². The summed E-state index contributed by atoms with van der Waals surface area (Å²) in [6, 6.07) is 7.02. The number of rotatable bonds is 7. The maximum absolute atomic E-state index is 12.7. The molecule has 1 fully saturated rings. The summed E-state index contributed by atoms with van der Waals surface area (Å²) in [5.74, 6) is -0.558. The Bertz CT molecular complexity index is 574. The molecule has 0 spiro atoms. The van der Waals surface area contributed by atoms with Crippen molar-refractivity contribution in [1.82, 2.24) is 4.90 Å². The highest BCUT2D eigenvalue weighted by atomic mass is 16.5. The molecule has 1 heterocycles. The zero-order valence-electron chi connectivity index (χ0n) is 13.6. The van der Waals surface area contributed by atoms with Crippen molar-refractivity contribution in [2.75, 3.05) is 32.9 Å². The summed E-state index contributed by atoms with van der Waals surface area (Å²) in [6.07, 6.45) is 0.460.